The molecule has 0 unspecified atom stereocenters. The summed E-state index contributed by atoms with van der Waals surface area (Å²) in [5, 5.41) is 15.8. The molecule has 0 aliphatic heterocycles. The lowest BCUT2D eigenvalue weighted by Crippen LogP contribution is -2.05. The van der Waals surface area contributed by atoms with Gasteiger partial charge in [-0.2, -0.15) is 0 Å². The van der Waals surface area contributed by atoms with Crippen molar-refractivity contribution < 1.29 is 19.5 Å². The van der Waals surface area contributed by atoms with E-state index in [1.54, 1.807) is 19.2 Å². The molecule has 3 rings (SSSR count). The van der Waals surface area contributed by atoms with Crippen LogP contribution in [0.4, 0.5) is 0 Å². The van der Waals surface area contributed by atoms with Crippen molar-refractivity contribution in [1.29, 1.82) is 0 Å². The number of methoxy groups -OCH3 is 1. The van der Waals surface area contributed by atoms with Crippen LogP contribution < -0.4 is 9.57 Å². The average molecular weight is 311 g/mol. The molecule has 0 bridgehead atoms. The number of rotatable bonds is 5. The SMILES string of the molecule is COc1ccc(-c2ccc(On3cc(C(=O)O)nn3)cc2)cc1. The fourth-order valence-corrected chi connectivity index (χ4v) is 1.99. The minimum Gasteiger partial charge on any atom is -0.497 e. The monoisotopic (exact) mass is 311 g/mol. The van der Waals surface area contributed by atoms with Gasteiger partial charge in [-0.1, -0.05) is 29.1 Å². The highest BCUT2D eigenvalue weighted by Gasteiger charge is 2.09. The van der Waals surface area contributed by atoms with Gasteiger partial charge in [0.05, 0.1) is 7.11 Å². The van der Waals surface area contributed by atoms with E-state index in [-0.39, 0.29) is 5.69 Å². The number of carbonyl (C=O) groups is 1. The summed E-state index contributed by atoms with van der Waals surface area (Å²) in [7, 11) is 1.63. The zero-order valence-corrected chi connectivity index (χ0v) is 12.2. The second-order valence-corrected chi connectivity index (χ2v) is 4.66. The Bertz CT molecular complexity index is 810. The molecule has 1 N–H and O–H groups in total. The highest BCUT2D eigenvalue weighted by molar-refractivity contribution is 5.84. The summed E-state index contributed by atoms with van der Waals surface area (Å²) < 4.78 is 5.13. The van der Waals surface area contributed by atoms with Gasteiger partial charge in [0, 0.05) is 0 Å². The van der Waals surface area contributed by atoms with Crippen molar-refractivity contribution in [1.82, 2.24) is 15.2 Å². The number of aromatic carboxylic acids is 1. The molecule has 0 spiro atoms. The lowest BCUT2D eigenvalue weighted by molar-refractivity contribution is 0.0690. The Kier molecular flexibility index (Phi) is 3.92. The summed E-state index contributed by atoms with van der Waals surface area (Å²) in [6, 6.07) is 15.0. The molecule has 0 fully saturated rings. The van der Waals surface area contributed by atoms with E-state index in [9.17, 15) is 4.79 Å². The van der Waals surface area contributed by atoms with E-state index in [2.05, 4.69) is 10.3 Å². The number of nitrogens with zero attached hydrogens (tertiary/aromatic N) is 3. The Balaban J connectivity index is 1.74. The Hall–Kier alpha value is -3.35. The number of hydrogen-bond donors (Lipinski definition) is 1. The molecule has 0 aliphatic carbocycles. The van der Waals surface area contributed by atoms with Crippen molar-refractivity contribution in [2.75, 3.05) is 7.11 Å². The highest BCUT2D eigenvalue weighted by Crippen LogP contribution is 2.24. The maximum absolute atomic E-state index is 10.7. The van der Waals surface area contributed by atoms with Gasteiger partial charge in [-0.25, -0.2) is 4.79 Å². The molecule has 116 valence electrons. The third-order valence-corrected chi connectivity index (χ3v) is 3.17. The van der Waals surface area contributed by atoms with Gasteiger partial charge in [0.2, 0.25) is 0 Å². The quantitative estimate of drug-likeness (QED) is 0.779. The van der Waals surface area contributed by atoms with Gasteiger partial charge in [0.1, 0.15) is 11.9 Å². The van der Waals surface area contributed by atoms with Crippen LogP contribution in [0.5, 0.6) is 11.5 Å². The maximum Gasteiger partial charge on any atom is 0.358 e. The largest absolute Gasteiger partial charge is 0.497 e. The van der Waals surface area contributed by atoms with Crippen LogP contribution in [0.3, 0.4) is 0 Å². The summed E-state index contributed by atoms with van der Waals surface area (Å²) in [4.78, 5) is 17.1. The molecular formula is C16H13N3O4. The number of ether oxygens (including phenoxy) is 1. The van der Waals surface area contributed by atoms with Crippen LogP contribution in [0.2, 0.25) is 0 Å². The summed E-state index contributed by atoms with van der Waals surface area (Å²) >= 11 is 0. The Morgan fingerprint density at radius 2 is 1.57 bits per heavy atom. The topological polar surface area (TPSA) is 86.5 Å². The standard InChI is InChI=1S/C16H13N3O4/c1-22-13-6-2-11(3-7-13)12-4-8-14(9-5-12)23-19-10-15(16(20)21)17-18-19/h2-10H,1H3,(H,20,21). The zero-order chi connectivity index (χ0) is 16.2. The van der Waals surface area contributed by atoms with Gasteiger partial charge >= 0.3 is 5.97 Å². The first kappa shape index (κ1) is 14.6. The first-order chi connectivity index (χ1) is 11.2. The summed E-state index contributed by atoms with van der Waals surface area (Å²) in [5.41, 5.74) is 1.89. The second kappa shape index (κ2) is 6.18. The average Bonchev–Trinajstić information content (AvgIpc) is 3.04. The minimum absolute atomic E-state index is 0.181. The molecular weight excluding hydrogens is 298 g/mol. The Morgan fingerprint density at radius 1 is 1.00 bits per heavy atom. The highest BCUT2D eigenvalue weighted by atomic mass is 16.7. The van der Waals surface area contributed by atoms with Crippen molar-refractivity contribution in [2.24, 2.45) is 0 Å². The van der Waals surface area contributed by atoms with E-state index in [0.717, 1.165) is 21.7 Å². The van der Waals surface area contributed by atoms with E-state index in [1.807, 2.05) is 36.4 Å². The van der Waals surface area contributed by atoms with Crippen molar-refractivity contribution in [3.05, 3.63) is 60.4 Å². The van der Waals surface area contributed by atoms with Crippen LogP contribution in [-0.4, -0.2) is 33.3 Å². The summed E-state index contributed by atoms with van der Waals surface area (Å²) in [6.45, 7) is 0. The van der Waals surface area contributed by atoms with Gasteiger partial charge in [-0.3, -0.25) is 0 Å². The fourth-order valence-electron chi connectivity index (χ4n) is 1.99. The molecule has 0 saturated heterocycles. The predicted molar refractivity (Wildman–Crippen MR) is 81.4 cm³/mol. The van der Waals surface area contributed by atoms with Crippen LogP contribution in [0.25, 0.3) is 11.1 Å². The van der Waals surface area contributed by atoms with Gasteiger partial charge in [0.25, 0.3) is 0 Å². The molecule has 2 aromatic carbocycles. The number of benzene rings is 2. The molecule has 1 heterocycles. The predicted octanol–water partition coefficient (Wildman–Crippen LogP) is 2.49. The molecule has 3 aromatic rings. The van der Waals surface area contributed by atoms with Crippen LogP contribution in [0, 0.1) is 0 Å². The molecule has 7 heteroatoms. The number of carboxylic acid groups (broad SMARTS) is 1. The third kappa shape index (κ3) is 3.29. The van der Waals surface area contributed by atoms with Crippen LogP contribution in [0.1, 0.15) is 10.5 Å². The summed E-state index contributed by atoms with van der Waals surface area (Å²) in [5.74, 6) is 0.160. The zero-order valence-electron chi connectivity index (χ0n) is 12.2. The van der Waals surface area contributed by atoms with Crippen molar-refractivity contribution in [3.63, 3.8) is 0 Å². The lowest BCUT2D eigenvalue weighted by Gasteiger charge is -2.06. The number of aromatic nitrogens is 3. The van der Waals surface area contributed by atoms with Gasteiger partial charge in [0.15, 0.2) is 11.4 Å². The summed E-state index contributed by atoms with van der Waals surface area (Å²) in [6.07, 6.45) is 1.19. The molecule has 0 amide bonds. The fraction of sp³-hybridized carbons (Fsp3) is 0.0625. The van der Waals surface area contributed by atoms with E-state index >= 15 is 0 Å². The molecule has 7 nitrogen and oxygen atoms in total. The van der Waals surface area contributed by atoms with E-state index in [4.69, 9.17) is 14.7 Å². The molecule has 0 saturated carbocycles. The maximum atomic E-state index is 10.7. The number of hydrogen-bond acceptors (Lipinski definition) is 5. The minimum atomic E-state index is -1.16. The third-order valence-electron chi connectivity index (χ3n) is 3.17. The van der Waals surface area contributed by atoms with Crippen LogP contribution >= 0.6 is 0 Å². The second-order valence-electron chi connectivity index (χ2n) is 4.66. The first-order valence-corrected chi connectivity index (χ1v) is 6.74. The van der Waals surface area contributed by atoms with Crippen molar-refractivity contribution in [3.8, 4) is 22.6 Å². The Morgan fingerprint density at radius 3 is 2.04 bits per heavy atom. The van der Waals surface area contributed by atoms with E-state index < -0.39 is 5.97 Å². The molecule has 0 radical (unpaired) electrons. The van der Waals surface area contributed by atoms with Crippen LogP contribution in [-0.2, 0) is 0 Å². The van der Waals surface area contributed by atoms with Crippen molar-refractivity contribution in [2.45, 2.75) is 0 Å². The van der Waals surface area contributed by atoms with Gasteiger partial charge < -0.3 is 14.7 Å². The molecule has 23 heavy (non-hydrogen) atoms. The smallest absolute Gasteiger partial charge is 0.358 e. The van der Waals surface area contributed by atoms with Crippen LogP contribution in [0.15, 0.2) is 54.7 Å². The normalized spacial score (nSPS) is 10.3. The Labute approximate surface area is 131 Å². The van der Waals surface area contributed by atoms with Crippen molar-refractivity contribution >= 4 is 5.97 Å². The first-order valence-electron chi connectivity index (χ1n) is 6.74. The molecule has 1 aromatic heterocycles. The number of carboxylic acids is 1. The van der Waals surface area contributed by atoms with Gasteiger partial charge in [-0.15, -0.1) is 5.10 Å². The van der Waals surface area contributed by atoms with Gasteiger partial charge in [-0.05, 0) is 40.6 Å². The molecule has 0 atom stereocenters. The van der Waals surface area contributed by atoms with E-state index in [0.29, 0.717) is 5.75 Å². The molecule has 0 aliphatic rings. The van der Waals surface area contributed by atoms with E-state index in [1.165, 1.54) is 6.20 Å². The lowest BCUT2D eigenvalue weighted by atomic mass is 10.1.